The molecule has 2 rings (SSSR count). The normalized spacial score (nSPS) is 11.2. The third-order valence-corrected chi connectivity index (χ3v) is 4.76. The molecule has 0 spiro atoms. The number of nitrogens with zero attached hydrogens (tertiary/aromatic N) is 3. The lowest BCUT2D eigenvalue weighted by atomic mass is 10.1. The molecule has 1 aromatic carbocycles. The molecule has 0 saturated heterocycles. The van der Waals surface area contributed by atoms with Crippen LogP contribution in [-0.4, -0.2) is 42.1 Å². The summed E-state index contributed by atoms with van der Waals surface area (Å²) in [5.74, 6) is 1.64. The van der Waals surface area contributed by atoms with E-state index in [2.05, 4.69) is 54.7 Å². The summed E-state index contributed by atoms with van der Waals surface area (Å²) >= 11 is 0. The Kier molecular flexibility index (Phi) is 11.8. The van der Waals surface area contributed by atoms with E-state index in [1.807, 2.05) is 25.6 Å². The first kappa shape index (κ1) is 26.2. The zero-order valence-corrected chi connectivity index (χ0v) is 21.4. The van der Waals surface area contributed by atoms with Crippen LogP contribution in [0.5, 0.6) is 5.75 Å². The second-order valence-electron chi connectivity index (χ2n) is 6.98. The Labute approximate surface area is 197 Å². The van der Waals surface area contributed by atoms with Crippen molar-refractivity contribution in [2.75, 3.05) is 26.4 Å². The second-order valence-corrected chi connectivity index (χ2v) is 6.98. The molecule has 0 aliphatic carbocycles. The van der Waals surface area contributed by atoms with Gasteiger partial charge in [-0.05, 0) is 46.2 Å². The van der Waals surface area contributed by atoms with Crippen molar-refractivity contribution < 1.29 is 9.47 Å². The third-order valence-electron chi connectivity index (χ3n) is 4.76. The lowest BCUT2D eigenvalue weighted by molar-refractivity contribution is 0.110. The molecular formula is C22H36IN5O2. The number of guanidine groups is 1. The second kappa shape index (κ2) is 13.5. The van der Waals surface area contributed by atoms with E-state index in [-0.39, 0.29) is 24.0 Å². The van der Waals surface area contributed by atoms with E-state index in [1.165, 1.54) is 5.56 Å². The van der Waals surface area contributed by atoms with Gasteiger partial charge in [0.2, 0.25) is 0 Å². The van der Waals surface area contributed by atoms with Crippen molar-refractivity contribution in [1.29, 1.82) is 0 Å². The predicted octanol–water partition coefficient (Wildman–Crippen LogP) is 3.63. The van der Waals surface area contributed by atoms with E-state index in [4.69, 9.17) is 14.5 Å². The van der Waals surface area contributed by atoms with Gasteiger partial charge in [-0.2, -0.15) is 5.10 Å². The molecule has 0 aliphatic heterocycles. The van der Waals surface area contributed by atoms with Gasteiger partial charge >= 0.3 is 0 Å². The van der Waals surface area contributed by atoms with Crippen LogP contribution in [0.25, 0.3) is 0 Å². The smallest absolute Gasteiger partial charge is 0.191 e. The molecule has 0 radical (unpaired) electrons. The van der Waals surface area contributed by atoms with Crippen molar-refractivity contribution in [2.45, 2.75) is 47.7 Å². The lowest BCUT2D eigenvalue weighted by Crippen LogP contribution is -2.37. The van der Waals surface area contributed by atoms with Crippen LogP contribution in [0.1, 0.15) is 41.9 Å². The van der Waals surface area contributed by atoms with Crippen LogP contribution < -0.4 is 15.4 Å². The minimum atomic E-state index is 0. The highest BCUT2D eigenvalue weighted by atomic mass is 127. The number of rotatable bonds is 10. The Hall–Kier alpha value is -1.81. The highest BCUT2D eigenvalue weighted by molar-refractivity contribution is 14.0. The van der Waals surface area contributed by atoms with Crippen LogP contribution in [-0.2, 0) is 24.9 Å². The highest BCUT2D eigenvalue weighted by Gasteiger charge is 2.10. The first-order valence-electron chi connectivity index (χ1n) is 10.3. The van der Waals surface area contributed by atoms with Gasteiger partial charge in [-0.3, -0.25) is 4.68 Å². The third kappa shape index (κ3) is 7.79. The van der Waals surface area contributed by atoms with Gasteiger partial charge in [0.15, 0.2) is 5.96 Å². The molecule has 2 N–H and O–H groups in total. The van der Waals surface area contributed by atoms with Crippen molar-refractivity contribution in [2.24, 2.45) is 12.0 Å². The number of ether oxygens (including phenoxy) is 2. The van der Waals surface area contributed by atoms with E-state index >= 15 is 0 Å². The molecule has 0 bridgehead atoms. The molecule has 1 aromatic heterocycles. The van der Waals surface area contributed by atoms with Crippen LogP contribution in [0.15, 0.2) is 23.2 Å². The van der Waals surface area contributed by atoms with Crippen LogP contribution in [0.3, 0.4) is 0 Å². The number of nitrogens with one attached hydrogen (secondary N) is 2. The van der Waals surface area contributed by atoms with Crippen LogP contribution in [0, 0.1) is 20.8 Å². The summed E-state index contributed by atoms with van der Waals surface area (Å²) in [7, 11) is 1.97. The molecule has 0 amide bonds. The quantitative estimate of drug-likeness (QED) is 0.213. The van der Waals surface area contributed by atoms with Gasteiger partial charge in [-0.25, -0.2) is 4.99 Å². The van der Waals surface area contributed by atoms with Gasteiger partial charge in [0.05, 0.1) is 18.8 Å². The van der Waals surface area contributed by atoms with Gasteiger partial charge in [0, 0.05) is 43.6 Å². The maximum absolute atomic E-state index is 5.93. The van der Waals surface area contributed by atoms with E-state index < -0.39 is 0 Å². The topological polar surface area (TPSA) is 72.7 Å². The van der Waals surface area contributed by atoms with Crippen LogP contribution in [0.4, 0.5) is 0 Å². The number of halogens is 1. The zero-order chi connectivity index (χ0) is 21.2. The number of hydrogen-bond donors (Lipinski definition) is 2. The Balaban J connectivity index is 0.00000450. The van der Waals surface area contributed by atoms with E-state index in [0.29, 0.717) is 32.9 Å². The summed E-state index contributed by atoms with van der Waals surface area (Å²) < 4.78 is 13.2. The van der Waals surface area contributed by atoms with Crippen molar-refractivity contribution in [3.8, 4) is 5.75 Å². The molecule has 30 heavy (non-hydrogen) atoms. The predicted molar refractivity (Wildman–Crippen MR) is 133 cm³/mol. The maximum Gasteiger partial charge on any atom is 0.191 e. The van der Waals surface area contributed by atoms with Crippen molar-refractivity contribution in [3.05, 3.63) is 46.3 Å². The molecule has 2 aromatic rings. The zero-order valence-electron chi connectivity index (χ0n) is 19.0. The maximum atomic E-state index is 5.93. The minimum absolute atomic E-state index is 0. The van der Waals surface area contributed by atoms with Crippen molar-refractivity contribution in [1.82, 2.24) is 20.4 Å². The Morgan fingerprint density at radius 3 is 2.53 bits per heavy atom. The number of hydrogen-bond acceptors (Lipinski definition) is 4. The molecule has 0 aliphatic rings. The molecule has 8 heteroatoms. The van der Waals surface area contributed by atoms with E-state index in [1.54, 1.807) is 0 Å². The largest absolute Gasteiger partial charge is 0.491 e. The van der Waals surface area contributed by atoms with Gasteiger partial charge in [0.1, 0.15) is 12.4 Å². The number of aryl methyl sites for hydroxylation is 3. The highest BCUT2D eigenvalue weighted by Crippen LogP contribution is 2.21. The molecule has 0 atom stereocenters. The number of benzene rings is 1. The SMILES string of the molecule is CCNC(=NCc1ccc(C)cc1OCCOCC)NCc1c(C)nn(C)c1C.I. The summed E-state index contributed by atoms with van der Waals surface area (Å²) in [6.07, 6.45) is 0. The van der Waals surface area contributed by atoms with Crippen molar-refractivity contribution >= 4 is 29.9 Å². The fourth-order valence-corrected chi connectivity index (χ4v) is 3.03. The van der Waals surface area contributed by atoms with Gasteiger partial charge in [-0.15, -0.1) is 24.0 Å². The Bertz CT molecular complexity index is 820. The van der Waals surface area contributed by atoms with Gasteiger partial charge < -0.3 is 20.1 Å². The van der Waals surface area contributed by atoms with Gasteiger partial charge in [0.25, 0.3) is 0 Å². The minimum Gasteiger partial charge on any atom is -0.491 e. The molecule has 0 saturated carbocycles. The monoisotopic (exact) mass is 529 g/mol. The van der Waals surface area contributed by atoms with E-state index in [9.17, 15) is 0 Å². The average Bonchev–Trinajstić information content (AvgIpc) is 2.94. The van der Waals surface area contributed by atoms with Gasteiger partial charge in [-0.1, -0.05) is 12.1 Å². The fourth-order valence-electron chi connectivity index (χ4n) is 3.03. The summed E-state index contributed by atoms with van der Waals surface area (Å²) in [4.78, 5) is 4.76. The number of aliphatic imine (C=N–C) groups is 1. The Morgan fingerprint density at radius 1 is 1.13 bits per heavy atom. The van der Waals surface area contributed by atoms with E-state index in [0.717, 1.165) is 40.8 Å². The molecular weight excluding hydrogens is 493 g/mol. The summed E-state index contributed by atoms with van der Waals surface area (Å²) in [5, 5.41) is 11.2. The molecule has 0 unspecified atom stereocenters. The number of aromatic nitrogens is 2. The Morgan fingerprint density at radius 2 is 1.90 bits per heavy atom. The summed E-state index contributed by atoms with van der Waals surface area (Å²) in [6.45, 7) is 14.0. The molecule has 0 fully saturated rings. The summed E-state index contributed by atoms with van der Waals surface area (Å²) in [6, 6.07) is 6.22. The fraction of sp³-hybridized carbons (Fsp3) is 0.545. The lowest BCUT2D eigenvalue weighted by Gasteiger charge is -2.14. The molecule has 7 nitrogen and oxygen atoms in total. The molecule has 168 valence electrons. The average molecular weight is 529 g/mol. The standard InChI is InChI=1S/C22H35N5O2.HI/c1-7-23-22(25-15-20-17(4)26-27(6)18(20)5)24-14-19-10-9-16(3)13-21(19)29-12-11-28-8-2;/h9-10,13H,7-8,11-12,14-15H2,1-6H3,(H2,23,24,25);1H. The van der Waals surface area contributed by atoms with Crippen LogP contribution in [0.2, 0.25) is 0 Å². The van der Waals surface area contributed by atoms with Crippen molar-refractivity contribution in [3.63, 3.8) is 0 Å². The first-order chi connectivity index (χ1) is 14.0. The van der Waals surface area contributed by atoms with Crippen LogP contribution >= 0.6 is 24.0 Å². The first-order valence-corrected chi connectivity index (χ1v) is 10.3. The molecule has 1 heterocycles. The summed E-state index contributed by atoms with van der Waals surface area (Å²) in [5.41, 5.74) is 5.62.